The van der Waals surface area contributed by atoms with Crippen LogP contribution in [0, 0.1) is 10.1 Å². The van der Waals surface area contributed by atoms with E-state index in [0.29, 0.717) is 24.3 Å². The number of para-hydroxylation sites is 1. The number of hydrogen-bond acceptors (Lipinski definition) is 5. The van der Waals surface area contributed by atoms with Gasteiger partial charge in [-0.3, -0.25) is 10.1 Å². The molecule has 6 nitrogen and oxygen atoms in total. The van der Waals surface area contributed by atoms with Crippen molar-refractivity contribution in [3.63, 3.8) is 0 Å². The van der Waals surface area contributed by atoms with Gasteiger partial charge in [-0.15, -0.1) is 0 Å². The molecule has 0 radical (unpaired) electrons. The second kappa shape index (κ2) is 5.66. The third-order valence-corrected chi connectivity index (χ3v) is 3.87. The maximum Gasteiger partial charge on any atom is 0.315 e. The van der Waals surface area contributed by atoms with Crippen molar-refractivity contribution in [3.05, 3.63) is 28.3 Å². The Labute approximate surface area is 118 Å². The summed E-state index contributed by atoms with van der Waals surface area (Å²) < 4.78 is 0. The number of hydrogen-bond donors (Lipinski definition) is 2. The molecule has 1 fully saturated rings. The summed E-state index contributed by atoms with van der Waals surface area (Å²) in [6.07, 6.45) is 2.17. The first-order valence-electron chi connectivity index (χ1n) is 6.87. The number of benzene rings is 1. The third-order valence-electron chi connectivity index (χ3n) is 3.87. The minimum absolute atomic E-state index is 0.108. The summed E-state index contributed by atoms with van der Waals surface area (Å²) in [7, 11) is 1.68. The first-order valence-corrected chi connectivity index (χ1v) is 6.87. The predicted molar refractivity (Wildman–Crippen MR) is 79.3 cm³/mol. The second-order valence-corrected chi connectivity index (χ2v) is 5.52. The van der Waals surface area contributed by atoms with E-state index in [9.17, 15) is 15.2 Å². The first kappa shape index (κ1) is 14.6. The molecule has 1 aromatic rings. The molecule has 1 aliphatic heterocycles. The minimum Gasteiger partial charge on any atom is -0.390 e. The zero-order valence-electron chi connectivity index (χ0n) is 11.9. The first-order chi connectivity index (χ1) is 9.44. The lowest BCUT2D eigenvalue weighted by atomic mass is 9.98. The standard InChI is InChI=1S/C14H21N3O3/c1-14(18)7-4-9-16(10-8-14)12-6-3-5-11(15-2)13(12)17(19)20/h3,5-6,15,18H,4,7-10H2,1-2H3. The molecule has 1 unspecified atom stereocenters. The highest BCUT2D eigenvalue weighted by atomic mass is 16.6. The topological polar surface area (TPSA) is 78.6 Å². The average Bonchev–Trinajstić information content (AvgIpc) is 2.58. The Bertz CT molecular complexity index is 502. The monoisotopic (exact) mass is 279 g/mol. The van der Waals surface area contributed by atoms with E-state index >= 15 is 0 Å². The normalized spacial score (nSPS) is 23.2. The SMILES string of the molecule is CNc1cccc(N2CCCC(C)(O)CC2)c1[N+](=O)[O-]. The molecule has 0 saturated carbocycles. The van der Waals surface area contributed by atoms with Crippen molar-refractivity contribution >= 4 is 17.1 Å². The van der Waals surface area contributed by atoms with Crippen molar-refractivity contribution < 1.29 is 10.0 Å². The summed E-state index contributed by atoms with van der Waals surface area (Å²) in [5.74, 6) is 0. The van der Waals surface area contributed by atoms with E-state index < -0.39 is 5.60 Å². The molecule has 0 bridgehead atoms. The molecule has 0 aromatic heterocycles. The van der Waals surface area contributed by atoms with E-state index in [1.54, 1.807) is 19.2 Å². The van der Waals surface area contributed by atoms with E-state index in [1.807, 2.05) is 17.9 Å². The minimum atomic E-state index is -0.676. The van der Waals surface area contributed by atoms with E-state index in [1.165, 1.54) is 0 Å². The fraction of sp³-hybridized carbons (Fsp3) is 0.571. The fourth-order valence-corrected chi connectivity index (χ4v) is 2.68. The molecule has 2 rings (SSSR count). The number of nitro groups is 1. The van der Waals surface area contributed by atoms with Gasteiger partial charge in [0.15, 0.2) is 0 Å². The number of nitro benzene ring substituents is 1. The van der Waals surface area contributed by atoms with Crippen molar-refractivity contribution in [1.82, 2.24) is 0 Å². The molecule has 1 aliphatic rings. The highest BCUT2D eigenvalue weighted by molar-refractivity contribution is 5.77. The van der Waals surface area contributed by atoms with E-state index in [0.717, 1.165) is 19.4 Å². The number of rotatable bonds is 3. The number of aliphatic hydroxyl groups is 1. The molecule has 110 valence electrons. The molecule has 1 aromatic carbocycles. The molecule has 0 spiro atoms. The van der Waals surface area contributed by atoms with Crippen molar-refractivity contribution in [3.8, 4) is 0 Å². The van der Waals surface area contributed by atoms with Gasteiger partial charge in [0.2, 0.25) is 0 Å². The molecule has 2 N–H and O–H groups in total. The number of anilines is 2. The Hall–Kier alpha value is -1.82. The summed E-state index contributed by atoms with van der Waals surface area (Å²) >= 11 is 0. The Morgan fingerprint density at radius 1 is 1.40 bits per heavy atom. The van der Waals surface area contributed by atoms with Gasteiger partial charge in [-0.25, -0.2) is 0 Å². The van der Waals surface area contributed by atoms with Crippen molar-refractivity contribution in [2.75, 3.05) is 30.4 Å². The largest absolute Gasteiger partial charge is 0.390 e. The van der Waals surface area contributed by atoms with Gasteiger partial charge in [-0.05, 0) is 38.3 Å². The zero-order valence-corrected chi connectivity index (χ0v) is 11.9. The molecular formula is C14H21N3O3. The Morgan fingerprint density at radius 3 is 2.80 bits per heavy atom. The van der Waals surface area contributed by atoms with Crippen LogP contribution >= 0.6 is 0 Å². The van der Waals surface area contributed by atoms with Crippen LogP contribution in [0.3, 0.4) is 0 Å². The molecule has 0 amide bonds. The van der Waals surface area contributed by atoms with Gasteiger partial charge in [0.25, 0.3) is 0 Å². The summed E-state index contributed by atoms with van der Waals surface area (Å²) in [6.45, 7) is 3.18. The summed E-state index contributed by atoms with van der Waals surface area (Å²) in [5.41, 5.74) is 0.573. The van der Waals surface area contributed by atoms with E-state index in [-0.39, 0.29) is 10.6 Å². The maximum absolute atomic E-state index is 11.3. The summed E-state index contributed by atoms with van der Waals surface area (Å²) in [4.78, 5) is 13.0. The van der Waals surface area contributed by atoms with Crippen LogP contribution in [0.5, 0.6) is 0 Å². The van der Waals surface area contributed by atoms with Crippen LogP contribution in [0.4, 0.5) is 17.1 Å². The quantitative estimate of drug-likeness (QED) is 0.656. The third kappa shape index (κ3) is 3.01. The van der Waals surface area contributed by atoms with Crippen LogP contribution in [0.2, 0.25) is 0 Å². The van der Waals surface area contributed by atoms with Crippen LogP contribution < -0.4 is 10.2 Å². The lowest BCUT2D eigenvalue weighted by Gasteiger charge is -2.24. The summed E-state index contributed by atoms with van der Waals surface area (Å²) in [5, 5.41) is 24.3. The predicted octanol–water partition coefficient (Wildman–Crippen LogP) is 2.38. The molecular weight excluding hydrogens is 258 g/mol. The van der Waals surface area contributed by atoms with Crippen molar-refractivity contribution in [1.29, 1.82) is 0 Å². The van der Waals surface area contributed by atoms with Crippen molar-refractivity contribution in [2.24, 2.45) is 0 Å². The fourth-order valence-electron chi connectivity index (χ4n) is 2.68. The maximum atomic E-state index is 11.3. The molecule has 6 heteroatoms. The van der Waals surface area contributed by atoms with Crippen LogP contribution in [0.15, 0.2) is 18.2 Å². The van der Waals surface area contributed by atoms with Gasteiger partial charge in [0.1, 0.15) is 11.4 Å². The van der Waals surface area contributed by atoms with Crippen LogP contribution in [-0.2, 0) is 0 Å². The van der Waals surface area contributed by atoms with Gasteiger partial charge < -0.3 is 15.3 Å². The smallest absolute Gasteiger partial charge is 0.315 e. The number of nitrogens with one attached hydrogen (secondary N) is 1. The van der Waals surface area contributed by atoms with E-state index in [2.05, 4.69) is 5.32 Å². The lowest BCUT2D eigenvalue weighted by molar-refractivity contribution is -0.383. The average molecular weight is 279 g/mol. The van der Waals surface area contributed by atoms with Crippen LogP contribution in [0.1, 0.15) is 26.2 Å². The molecule has 1 atom stereocenters. The zero-order chi connectivity index (χ0) is 14.8. The van der Waals surface area contributed by atoms with Gasteiger partial charge in [0, 0.05) is 20.1 Å². The van der Waals surface area contributed by atoms with Gasteiger partial charge in [-0.2, -0.15) is 0 Å². The number of nitrogens with zero attached hydrogens (tertiary/aromatic N) is 2. The van der Waals surface area contributed by atoms with Gasteiger partial charge in [0.05, 0.1) is 10.5 Å². The summed E-state index contributed by atoms with van der Waals surface area (Å²) in [6, 6.07) is 5.30. The van der Waals surface area contributed by atoms with Gasteiger partial charge >= 0.3 is 5.69 Å². The van der Waals surface area contributed by atoms with Gasteiger partial charge in [-0.1, -0.05) is 6.07 Å². The Balaban J connectivity index is 2.35. The Morgan fingerprint density at radius 2 is 2.15 bits per heavy atom. The lowest BCUT2D eigenvalue weighted by Crippen LogP contribution is -2.28. The molecule has 0 aliphatic carbocycles. The van der Waals surface area contributed by atoms with Crippen molar-refractivity contribution in [2.45, 2.75) is 31.8 Å². The molecule has 1 heterocycles. The highest BCUT2D eigenvalue weighted by Crippen LogP contribution is 2.37. The highest BCUT2D eigenvalue weighted by Gasteiger charge is 2.29. The van der Waals surface area contributed by atoms with Crippen LogP contribution in [0.25, 0.3) is 0 Å². The second-order valence-electron chi connectivity index (χ2n) is 5.52. The van der Waals surface area contributed by atoms with E-state index in [4.69, 9.17) is 0 Å². The van der Waals surface area contributed by atoms with Crippen LogP contribution in [-0.4, -0.2) is 35.8 Å². The Kier molecular flexibility index (Phi) is 4.13. The molecule has 1 saturated heterocycles. The molecule has 20 heavy (non-hydrogen) atoms.